The van der Waals surface area contributed by atoms with E-state index in [1.165, 1.54) is 13.1 Å². The third kappa shape index (κ3) is 3.49. The maximum Gasteiger partial charge on any atom is 0.269 e. The van der Waals surface area contributed by atoms with Gasteiger partial charge in [0.1, 0.15) is 12.4 Å². The van der Waals surface area contributed by atoms with Gasteiger partial charge in [0.2, 0.25) is 0 Å². The van der Waals surface area contributed by atoms with Crippen LogP contribution in [0.15, 0.2) is 42.5 Å². The second-order valence-corrected chi connectivity index (χ2v) is 7.23. The second-order valence-electron chi connectivity index (χ2n) is 7.23. The van der Waals surface area contributed by atoms with Gasteiger partial charge in [0.15, 0.2) is 0 Å². The minimum absolute atomic E-state index is 0.0962. The van der Waals surface area contributed by atoms with Crippen LogP contribution >= 0.6 is 0 Å². The molecule has 1 aliphatic heterocycles. The van der Waals surface area contributed by atoms with Crippen LogP contribution < -0.4 is 10.6 Å². The lowest BCUT2D eigenvalue weighted by Crippen LogP contribution is -2.31. The van der Waals surface area contributed by atoms with Crippen LogP contribution in [0.2, 0.25) is 0 Å². The van der Waals surface area contributed by atoms with E-state index >= 15 is 0 Å². The standard InChI is InChI=1S/C21H22FN3O3/c1-23-21(27)18-8-13(20(26)25-19-15-10-28-11-16(15)19)7-17(24-18)14(9-22)12-5-3-2-4-6-12/h2-8,14-16,19H,9-11H2,1H3,(H,23,27)(H,25,26)/t14-,15-,16+,19?/m1/s1. The van der Waals surface area contributed by atoms with Gasteiger partial charge in [0, 0.05) is 30.5 Å². The Kier molecular flexibility index (Phi) is 5.09. The Balaban J connectivity index is 1.65. The summed E-state index contributed by atoms with van der Waals surface area (Å²) < 4.78 is 19.2. The van der Waals surface area contributed by atoms with Crippen molar-refractivity contribution in [1.29, 1.82) is 0 Å². The molecule has 1 aliphatic carbocycles. The van der Waals surface area contributed by atoms with Gasteiger partial charge in [-0.2, -0.15) is 0 Å². The molecule has 2 fully saturated rings. The van der Waals surface area contributed by atoms with Gasteiger partial charge in [-0.25, -0.2) is 4.98 Å². The van der Waals surface area contributed by atoms with Gasteiger partial charge in [-0.3, -0.25) is 14.0 Å². The smallest absolute Gasteiger partial charge is 0.269 e. The van der Waals surface area contributed by atoms with Gasteiger partial charge in [0.25, 0.3) is 11.8 Å². The largest absolute Gasteiger partial charge is 0.381 e. The highest BCUT2D eigenvalue weighted by Gasteiger charge is 2.54. The van der Waals surface area contributed by atoms with E-state index in [-0.39, 0.29) is 17.6 Å². The second kappa shape index (κ2) is 7.67. The average Bonchev–Trinajstić information content (AvgIpc) is 3.14. The highest BCUT2D eigenvalue weighted by atomic mass is 19.1. The van der Waals surface area contributed by atoms with Crippen molar-refractivity contribution in [1.82, 2.24) is 15.6 Å². The summed E-state index contributed by atoms with van der Waals surface area (Å²) in [6.07, 6.45) is 0. The van der Waals surface area contributed by atoms with Gasteiger partial charge in [-0.05, 0) is 17.7 Å². The van der Waals surface area contributed by atoms with Crippen LogP contribution in [0.1, 0.15) is 38.0 Å². The molecule has 4 atom stereocenters. The molecule has 2 aliphatic rings. The van der Waals surface area contributed by atoms with Gasteiger partial charge < -0.3 is 15.4 Å². The van der Waals surface area contributed by atoms with Crippen molar-refractivity contribution < 1.29 is 18.7 Å². The van der Waals surface area contributed by atoms with E-state index in [4.69, 9.17) is 4.74 Å². The van der Waals surface area contributed by atoms with Crippen LogP contribution in [-0.4, -0.2) is 49.8 Å². The lowest BCUT2D eigenvalue weighted by atomic mass is 9.95. The lowest BCUT2D eigenvalue weighted by molar-refractivity contribution is 0.0928. The van der Waals surface area contributed by atoms with E-state index in [1.807, 2.05) is 30.3 Å². The monoisotopic (exact) mass is 383 g/mol. The summed E-state index contributed by atoms with van der Waals surface area (Å²) in [6, 6.07) is 12.2. The van der Waals surface area contributed by atoms with Crippen molar-refractivity contribution in [3.8, 4) is 0 Å². The lowest BCUT2D eigenvalue weighted by Gasteiger charge is -2.16. The number of nitrogens with zero attached hydrogens (tertiary/aromatic N) is 1. The molecular weight excluding hydrogens is 361 g/mol. The van der Waals surface area contributed by atoms with E-state index in [1.54, 1.807) is 6.07 Å². The number of halogens is 1. The quantitative estimate of drug-likeness (QED) is 0.799. The number of carbonyl (C=O) groups excluding carboxylic acids is 2. The molecule has 0 bridgehead atoms. The Morgan fingerprint density at radius 3 is 2.54 bits per heavy atom. The van der Waals surface area contributed by atoms with Crippen molar-refractivity contribution in [3.63, 3.8) is 0 Å². The molecule has 2 amide bonds. The zero-order valence-electron chi connectivity index (χ0n) is 15.5. The molecular formula is C21H22FN3O3. The molecule has 2 N–H and O–H groups in total. The van der Waals surface area contributed by atoms with Crippen LogP contribution in [0, 0.1) is 11.8 Å². The summed E-state index contributed by atoms with van der Waals surface area (Å²) in [6.45, 7) is 0.649. The zero-order valence-corrected chi connectivity index (χ0v) is 15.5. The van der Waals surface area contributed by atoms with Crippen LogP contribution in [0.5, 0.6) is 0 Å². The molecule has 4 rings (SSSR count). The van der Waals surface area contributed by atoms with Crippen LogP contribution in [0.4, 0.5) is 4.39 Å². The molecule has 28 heavy (non-hydrogen) atoms. The molecule has 2 aromatic rings. The summed E-state index contributed by atoms with van der Waals surface area (Å²) >= 11 is 0. The Bertz CT molecular complexity index is 880. The molecule has 0 radical (unpaired) electrons. The summed E-state index contributed by atoms with van der Waals surface area (Å²) in [7, 11) is 1.49. The molecule has 6 nitrogen and oxygen atoms in total. The number of hydrogen-bond donors (Lipinski definition) is 2. The zero-order chi connectivity index (χ0) is 19.7. The topological polar surface area (TPSA) is 80.3 Å². The molecule has 1 saturated carbocycles. The molecule has 1 unspecified atom stereocenters. The molecule has 1 aromatic carbocycles. The third-order valence-corrected chi connectivity index (χ3v) is 5.53. The summed E-state index contributed by atoms with van der Waals surface area (Å²) in [5.74, 6) is -0.610. The fourth-order valence-corrected chi connectivity index (χ4v) is 3.82. The number of nitrogens with one attached hydrogen (secondary N) is 2. The molecule has 146 valence electrons. The number of alkyl halides is 1. The van der Waals surface area contributed by atoms with E-state index in [9.17, 15) is 14.0 Å². The normalized spacial score (nSPS) is 23.6. The predicted octanol–water partition coefficient (Wildman–Crippen LogP) is 1.92. The first kappa shape index (κ1) is 18.6. The first-order chi connectivity index (χ1) is 13.6. The highest BCUT2D eigenvalue weighted by molar-refractivity contribution is 5.99. The number of ether oxygens (including phenoxy) is 1. The molecule has 1 aromatic heterocycles. The van der Waals surface area contributed by atoms with Crippen molar-refractivity contribution in [2.24, 2.45) is 11.8 Å². The average molecular weight is 383 g/mol. The van der Waals surface area contributed by atoms with Crippen molar-refractivity contribution in [2.75, 3.05) is 26.9 Å². The van der Waals surface area contributed by atoms with Gasteiger partial charge >= 0.3 is 0 Å². The van der Waals surface area contributed by atoms with Crippen LogP contribution in [-0.2, 0) is 4.74 Å². The Morgan fingerprint density at radius 2 is 1.89 bits per heavy atom. The molecule has 2 heterocycles. The SMILES string of the molecule is CNC(=O)c1cc(C(=O)NC2[C@H]3COC[C@@H]23)cc([C@H](CF)c2ccccc2)n1. The molecule has 7 heteroatoms. The number of hydrogen-bond acceptors (Lipinski definition) is 4. The third-order valence-electron chi connectivity index (χ3n) is 5.53. The summed E-state index contributed by atoms with van der Waals surface area (Å²) in [4.78, 5) is 29.3. The van der Waals surface area contributed by atoms with Gasteiger partial charge in [-0.1, -0.05) is 30.3 Å². The maximum atomic E-state index is 13.9. The molecule has 1 saturated heterocycles. The maximum absolute atomic E-state index is 13.9. The fraction of sp³-hybridized carbons (Fsp3) is 0.381. The van der Waals surface area contributed by atoms with Gasteiger partial charge in [0.05, 0.1) is 24.8 Å². The number of amides is 2. The number of benzene rings is 1. The van der Waals surface area contributed by atoms with Crippen LogP contribution in [0.3, 0.4) is 0 Å². The molecule has 0 spiro atoms. The summed E-state index contributed by atoms with van der Waals surface area (Å²) in [5, 5.41) is 5.52. The minimum Gasteiger partial charge on any atom is -0.381 e. The first-order valence-corrected chi connectivity index (χ1v) is 9.36. The van der Waals surface area contributed by atoms with Crippen molar-refractivity contribution in [2.45, 2.75) is 12.0 Å². The Morgan fingerprint density at radius 1 is 1.18 bits per heavy atom. The van der Waals surface area contributed by atoms with Crippen LogP contribution in [0.25, 0.3) is 0 Å². The fourth-order valence-electron chi connectivity index (χ4n) is 3.82. The van der Waals surface area contributed by atoms with E-state index in [0.29, 0.717) is 36.3 Å². The van der Waals surface area contributed by atoms with Crippen molar-refractivity contribution in [3.05, 3.63) is 65.0 Å². The van der Waals surface area contributed by atoms with E-state index in [2.05, 4.69) is 15.6 Å². The Labute approximate surface area is 162 Å². The minimum atomic E-state index is -0.681. The van der Waals surface area contributed by atoms with Crippen molar-refractivity contribution >= 4 is 11.8 Å². The Hall–Kier alpha value is -2.80. The van der Waals surface area contributed by atoms with E-state index < -0.39 is 18.5 Å². The summed E-state index contributed by atoms with van der Waals surface area (Å²) in [5.41, 5.74) is 1.51. The number of aromatic nitrogens is 1. The van der Waals surface area contributed by atoms with Gasteiger partial charge in [-0.15, -0.1) is 0 Å². The highest BCUT2D eigenvalue weighted by Crippen LogP contribution is 2.44. The first-order valence-electron chi connectivity index (χ1n) is 9.36. The number of pyridine rings is 1. The number of fused-ring (bicyclic) bond motifs is 1. The predicted molar refractivity (Wildman–Crippen MR) is 101 cm³/mol. The van der Waals surface area contributed by atoms with E-state index in [0.717, 1.165) is 5.56 Å². The number of carbonyl (C=O) groups is 2. The number of rotatable bonds is 6.